The monoisotopic (exact) mass is 288 g/mol. The van der Waals surface area contributed by atoms with Crippen LogP contribution in [0.25, 0.3) is 16.8 Å². The highest BCUT2D eigenvalue weighted by molar-refractivity contribution is 5.91. The van der Waals surface area contributed by atoms with Gasteiger partial charge < -0.3 is 0 Å². The maximum absolute atomic E-state index is 4.24. The number of benzene rings is 2. The van der Waals surface area contributed by atoms with Crippen LogP contribution in [0.1, 0.15) is 12.5 Å². The van der Waals surface area contributed by atoms with E-state index < -0.39 is 0 Å². The lowest BCUT2D eigenvalue weighted by Gasteiger charge is -2.02. The lowest BCUT2D eigenvalue weighted by molar-refractivity contribution is 1.04. The average Bonchev–Trinajstić information content (AvgIpc) is 2.56. The molecule has 0 fully saturated rings. The van der Waals surface area contributed by atoms with Gasteiger partial charge in [0.25, 0.3) is 0 Å². The Morgan fingerprint density at radius 3 is 2.68 bits per heavy atom. The summed E-state index contributed by atoms with van der Waals surface area (Å²) in [6, 6.07) is 18.1. The number of rotatable bonds is 4. The zero-order chi connectivity index (χ0) is 15.2. The van der Waals surface area contributed by atoms with E-state index in [4.69, 9.17) is 0 Å². The van der Waals surface area contributed by atoms with Gasteiger partial charge in [-0.25, -0.2) is 0 Å². The van der Waals surface area contributed by atoms with Gasteiger partial charge in [0.15, 0.2) is 5.82 Å². The number of hydrogen-bond acceptors (Lipinski definition) is 4. The van der Waals surface area contributed by atoms with E-state index >= 15 is 0 Å². The Morgan fingerprint density at radius 1 is 1.05 bits per heavy atom. The first kappa shape index (κ1) is 13.9. The van der Waals surface area contributed by atoms with Gasteiger partial charge in [0.05, 0.1) is 12.4 Å². The van der Waals surface area contributed by atoms with Gasteiger partial charge in [-0.1, -0.05) is 60.7 Å². The normalized spacial score (nSPS) is 12.0. The Bertz CT molecular complexity index is 817. The molecular weight excluding hydrogens is 272 g/mol. The molecule has 0 atom stereocenters. The quantitative estimate of drug-likeness (QED) is 0.580. The van der Waals surface area contributed by atoms with Gasteiger partial charge in [0.1, 0.15) is 0 Å². The third kappa shape index (κ3) is 3.35. The molecule has 3 aromatic rings. The predicted molar refractivity (Wildman–Crippen MR) is 91.7 cm³/mol. The van der Waals surface area contributed by atoms with Crippen LogP contribution >= 0.6 is 0 Å². The van der Waals surface area contributed by atoms with Crippen molar-refractivity contribution in [3.8, 4) is 0 Å². The maximum Gasteiger partial charge on any atom is 0.176 e. The fourth-order valence-corrected chi connectivity index (χ4v) is 2.16. The van der Waals surface area contributed by atoms with Gasteiger partial charge in [0, 0.05) is 10.8 Å². The second kappa shape index (κ2) is 6.63. The minimum absolute atomic E-state index is 0.655. The highest BCUT2D eigenvalue weighted by Crippen LogP contribution is 2.18. The highest BCUT2D eigenvalue weighted by Gasteiger charge is 2.00. The van der Waals surface area contributed by atoms with Crippen LogP contribution < -0.4 is 5.43 Å². The van der Waals surface area contributed by atoms with Crippen LogP contribution in [0.15, 0.2) is 71.5 Å². The molecule has 0 unspecified atom stereocenters. The van der Waals surface area contributed by atoms with Gasteiger partial charge in [-0.05, 0) is 18.1 Å². The summed E-state index contributed by atoms with van der Waals surface area (Å²) < 4.78 is 0. The van der Waals surface area contributed by atoms with E-state index in [-0.39, 0.29) is 0 Å². The molecule has 0 amide bonds. The molecular formula is C18H16N4. The Morgan fingerprint density at radius 2 is 1.82 bits per heavy atom. The predicted octanol–water partition coefficient (Wildman–Crippen LogP) is 4.13. The van der Waals surface area contributed by atoms with Crippen molar-refractivity contribution >= 4 is 28.9 Å². The van der Waals surface area contributed by atoms with Crippen LogP contribution in [0, 0.1) is 0 Å². The molecule has 2 aromatic carbocycles. The molecule has 0 radical (unpaired) electrons. The fourth-order valence-electron chi connectivity index (χ4n) is 2.16. The standard InChI is InChI=1S/C18H16N4/c1-14(11-15-7-3-2-4-8-15)12-19-21-18-17-10-6-5-9-16(17)13-20-22-18/h2-13H,1H3,(H,21,22)/b14-11+,19-12+. The summed E-state index contributed by atoms with van der Waals surface area (Å²) in [4.78, 5) is 0. The number of fused-ring (bicyclic) bond motifs is 1. The van der Waals surface area contributed by atoms with E-state index in [0.29, 0.717) is 5.82 Å². The lowest BCUT2D eigenvalue weighted by Crippen LogP contribution is -1.96. The zero-order valence-electron chi connectivity index (χ0n) is 12.3. The maximum atomic E-state index is 4.24. The Kier molecular flexibility index (Phi) is 4.20. The summed E-state index contributed by atoms with van der Waals surface area (Å²) in [6.45, 7) is 2.01. The summed E-state index contributed by atoms with van der Waals surface area (Å²) in [7, 11) is 0. The van der Waals surface area contributed by atoms with Crippen molar-refractivity contribution < 1.29 is 0 Å². The van der Waals surface area contributed by atoms with Crippen LogP contribution in [0.2, 0.25) is 0 Å². The topological polar surface area (TPSA) is 50.2 Å². The molecule has 1 aromatic heterocycles. The van der Waals surface area contributed by atoms with Gasteiger partial charge in [0.2, 0.25) is 0 Å². The van der Waals surface area contributed by atoms with Crippen molar-refractivity contribution in [2.45, 2.75) is 6.92 Å². The van der Waals surface area contributed by atoms with Crippen LogP contribution in [-0.4, -0.2) is 16.4 Å². The third-order valence-corrected chi connectivity index (χ3v) is 3.20. The van der Waals surface area contributed by atoms with E-state index in [9.17, 15) is 0 Å². The number of allylic oxidation sites excluding steroid dienone is 1. The van der Waals surface area contributed by atoms with E-state index in [1.54, 1.807) is 12.4 Å². The van der Waals surface area contributed by atoms with Crippen LogP contribution in [-0.2, 0) is 0 Å². The second-order valence-electron chi connectivity index (χ2n) is 4.95. The zero-order valence-corrected chi connectivity index (χ0v) is 12.3. The first-order valence-electron chi connectivity index (χ1n) is 7.06. The number of aromatic nitrogens is 2. The van der Waals surface area contributed by atoms with Crippen molar-refractivity contribution in [2.24, 2.45) is 5.10 Å². The van der Waals surface area contributed by atoms with E-state index in [2.05, 4.69) is 38.9 Å². The summed E-state index contributed by atoms with van der Waals surface area (Å²) in [5.74, 6) is 0.655. The minimum Gasteiger partial charge on any atom is -0.259 e. The molecule has 3 rings (SSSR count). The van der Waals surface area contributed by atoms with Crippen molar-refractivity contribution in [1.29, 1.82) is 0 Å². The Labute approximate surface area is 129 Å². The van der Waals surface area contributed by atoms with Crippen molar-refractivity contribution in [3.63, 3.8) is 0 Å². The number of nitrogens with zero attached hydrogens (tertiary/aromatic N) is 3. The van der Waals surface area contributed by atoms with Crippen molar-refractivity contribution in [2.75, 3.05) is 5.43 Å². The molecule has 0 saturated carbocycles. The van der Waals surface area contributed by atoms with Crippen LogP contribution in [0.4, 0.5) is 5.82 Å². The highest BCUT2D eigenvalue weighted by atomic mass is 15.3. The van der Waals surface area contributed by atoms with Gasteiger partial charge in [-0.15, -0.1) is 5.10 Å². The van der Waals surface area contributed by atoms with Gasteiger partial charge in [-0.3, -0.25) is 5.43 Å². The summed E-state index contributed by atoms with van der Waals surface area (Å²) in [5, 5.41) is 14.3. The molecule has 0 aliphatic heterocycles. The molecule has 1 N–H and O–H groups in total. The molecule has 4 heteroatoms. The molecule has 1 heterocycles. The largest absolute Gasteiger partial charge is 0.259 e. The Balaban J connectivity index is 1.75. The van der Waals surface area contributed by atoms with Crippen LogP contribution in [0.5, 0.6) is 0 Å². The summed E-state index contributed by atoms with van der Waals surface area (Å²) in [6.07, 6.45) is 5.58. The Hall–Kier alpha value is -3.01. The molecule has 0 bridgehead atoms. The van der Waals surface area contributed by atoms with E-state index in [1.165, 1.54) is 0 Å². The molecule has 0 spiro atoms. The lowest BCUT2D eigenvalue weighted by atomic mass is 10.1. The van der Waals surface area contributed by atoms with Gasteiger partial charge >= 0.3 is 0 Å². The molecule has 0 aliphatic rings. The van der Waals surface area contributed by atoms with E-state index in [0.717, 1.165) is 21.9 Å². The van der Waals surface area contributed by atoms with Crippen molar-refractivity contribution in [3.05, 3.63) is 71.9 Å². The molecule has 0 saturated heterocycles. The smallest absolute Gasteiger partial charge is 0.176 e. The number of hydrazone groups is 1. The molecule has 22 heavy (non-hydrogen) atoms. The first-order chi connectivity index (χ1) is 10.8. The van der Waals surface area contributed by atoms with Gasteiger partial charge in [-0.2, -0.15) is 10.2 Å². The van der Waals surface area contributed by atoms with Crippen LogP contribution in [0.3, 0.4) is 0 Å². The minimum atomic E-state index is 0.655. The van der Waals surface area contributed by atoms with E-state index in [1.807, 2.05) is 49.4 Å². The molecule has 0 aliphatic carbocycles. The number of hydrogen-bond donors (Lipinski definition) is 1. The summed E-state index contributed by atoms with van der Waals surface area (Å²) in [5.41, 5.74) is 5.16. The third-order valence-electron chi connectivity index (χ3n) is 3.20. The second-order valence-corrected chi connectivity index (χ2v) is 4.95. The number of nitrogens with one attached hydrogen (secondary N) is 1. The molecule has 108 valence electrons. The average molecular weight is 288 g/mol. The fraction of sp³-hybridized carbons (Fsp3) is 0.0556. The number of anilines is 1. The SMILES string of the molecule is CC(/C=N/Nc1nncc2ccccc12)=C\c1ccccc1. The first-order valence-corrected chi connectivity index (χ1v) is 7.06. The van der Waals surface area contributed by atoms with Crippen molar-refractivity contribution in [1.82, 2.24) is 10.2 Å². The summed E-state index contributed by atoms with van der Waals surface area (Å²) >= 11 is 0. The molecule has 4 nitrogen and oxygen atoms in total.